The number of hydrogen-bond donors (Lipinski definition) is 0. The van der Waals surface area contributed by atoms with Crippen molar-refractivity contribution in [2.45, 2.75) is 0 Å². The van der Waals surface area contributed by atoms with E-state index in [2.05, 4.69) is 79.4 Å². The van der Waals surface area contributed by atoms with E-state index in [1.165, 1.54) is 0 Å². The molecule has 0 N–H and O–H groups in total. The number of pyridine rings is 2. The molecule has 0 atom stereocenters. The molecule has 0 spiro atoms. The van der Waals surface area contributed by atoms with Crippen molar-refractivity contribution in [1.29, 1.82) is 0 Å². The third-order valence-corrected chi connectivity index (χ3v) is 3.79. The molecule has 3 rings (SSSR count). The first kappa shape index (κ1) is 12.3. The van der Waals surface area contributed by atoms with Crippen LogP contribution in [0.15, 0.2) is 48.7 Å². The van der Waals surface area contributed by atoms with E-state index < -0.39 is 0 Å². The topological polar surface area (TPSA) is 25.8 Å². The Kier molecular flexibility index (Phi) is 3.47. The summed E-state index contributed by atoms with van der Waals surface area (Å²) < 4.78 is 2.00. The predicted octanol–water partition coefficient (Wildman–Crippen LogP) is 4.51. The average molecular weight is 458 g/mol. The first-order valence-corrected chi connectivity index (χ1v) is 7.56. The second-order valence-corrected chi connectivity index (χ2v) is 6.13. The maximum atomic E-state index is 4.49. The minimum absolute atomic E-state index is 1.00. The average Bonchev–Trinajstić information content (AvgIpc) is 2.37. The van der Waals surface area contributed by atoms with E-state index in [4.69, 9.17) is 0 Å². The Morgan fingerprint density at radius 2 is 1.56 bits per heavy atom. The Hall–Kier alpha value is -0.760. The van der Waals surface area contributed by atoms with Crippen LogP contribution in [0.5, 0.6) is 0 Å². The Morgan fingerprint density at radius 1 is 0.833 bits per heavy atom. The largest absolute Gasteiger partial charge is 0.256 e. The Balaban J connectivity index is 2.19. The maximum absolute atomic E-state index is 4.49. The zero-order valence-corrected chi connectivity index (χ0v) is 13.6. The lowest BCUT2D eigenvalue weighted by molar-refractivity contribution is 1.22. The van der Waals surface area contributed by atoms with Gasteiger partial charge in [0.15, 0.2) is 0 Å². The van der Waals surface area contributed by atoms with Gasteiger partial charge in [0.1, 0.15) is 7.40 Å². The molecule has 0 aliphatic rings. The van der Waals surface area contributed by atoms with Crippen molar-refractivity contribution >= 4 is 56.1 Å². The van der Waals surface area contributed by atoms with E-state index in [0.29, 0.717) is 0 Å². The van der Waals surface area contributed by atoms with E-state index in [1.54, 1.807) is 0 Å². The van der Waals surface area contributed by atoms with Crippen molar-refractivity contribution in [1.82, 2.24) is 9.97 Å². The highest BCUT2D eigenvalue weighted by atomic mass is 127. The lowest BCUT2D eigenvalue weighted by Crippen LogP contribution is -1.89. The van der Waals surface area contributed by atoms with Gasteiger partial charge >= 0.3 is 0 Å². The summed E-state index contributed by atoms with van der Waals surface area (Å²) in [5.74, 6) is 0. The highest BCUT2D eigenvalue weighted by Gasteiger charge is 2.03. The third-order valence-electron chi connectivity index (χ3n) is 2.69. The number of para-hydroxylation sites is 1. The summed E-state index contributed by atoms with van der Waals surface area (Å²) in [6, 6.07) is 14.5. The lowest BCUT2D eigenvalue weighted by atomic mass is 10.1. The van der Waals surface area contributed by atoms with Crippen LogP contribution in [0.3, 0.4) is 0 Å². The van der Waals surface area contributed by atoms with Crippen LogP contribution in [0.25, 0.3) is 22.0 Å². The Labute approximate surface area is 132 Å². The van der Waals surface area contributed by atoms with Crippen LogP contribution in [0.4, 0.5) is 0 Å². The quantitative estimate of drug-likeness (QED) is 0.397. The monoisotopic (exact) mass is 458 g/mol. The fourth-order valence-corrected chi connectivity index (χ4v) is 3.51. The lowest BCUT2D eigenvalue weighted by Gasteiger charge is -2.04. The number of hydrogen-bond acceptors (Lipinski definition) is 2. The predicted molar refractivity (Wildman–Crippen MR) is 90.4 cm³/mol. The van der Waals surface area contributed by atoms with Gasteiger partial charge in [-0.2, -0.15) is 0 Å². The third kappa shape index (κ3) is 2.49. The van der Waals surface area contributed by atoms with E-state index >= 15 is 0 Å². The molecule has 2 nitrogen and oxygen atoms in total. The van der Waals surface area contributed by atoms with E-state index in [9.17, 15) is 0 Å². The summed E-state index contributed by atoms with van der Waals surface area (Å²) in [6.45, 7) is 0. The van der Waals surface area contributed by atoms with Gasteiger partial charge in [0, 0.05) is 17.1 Å². The molecule has 0 unspecified atom stereocenters. The minimum atomic E-state index is 1.00. The first-order chi connectivity index (χ1) is 8.72. The highest BCUT2D eigenvalue weighted by molar-refractivity contribution is 14.1. The van der Waals surface area contributed by atoms with Crippen LogP contribution in [0.1, 0.15) is 0 Å². The number of halogens is 2. The van der Waals surface area contributed by atoms with Crippen LogP contribution in [-0.2, 0) is 0 Å². The molecular formula is C14H8I2N2. The molecule has 0 amide bonds. The summed E-state index contributed by atoms with van der Waals surface area (Å²) in [4.78, 5) is 8.87. The van der Waals surface area contributed by atoms with Crippen molar-refractivity contribution in [3.63, 3.8) is 0 Å². The molecule has 0 saturated carbocycles. The van der Waals surface area contributed by atoms with Crippen LogP contribution in [0.2, 0.25) is 0 Å². The molecule has 0 fully saturated rings. The van der Waals surface area contributed by atoms with Gasteiger partial charge in [0.2, 0.25) is 0 Å². The zero-order chi connectivity index (χ0) is 12.5. The van der Waals surface area contributed by atoms with Gasteiger partial charge in [0.25, 0.3) is 0 Å². The molecule has 0 saturated heterocycles. The molecule has 2 heterocycles. The van der Waals surface area contributed by atoms with Crippen LogP contribution < -0.4 is 0 Å². The van der Waals surface area contributed by atoms with E-state index in [-0.39, 0.29) is 0 Å². The Morgan fingerprint density at radius 3 is 2.33 bits per heavy atom. The Bertz CT molecular complexity index is 706. The van der Waals surface area contributed by atoms with Gasteiger partial charge in [-0.05, 0) is 75.0 Å². The number of fused-ring (bicyclic) bond motifs is 1. The van der Waals surface area contributed by atoms with Crippen LogP contribution in [0, 0.1) is 7.40 Å². The second-order valence-electron chi connectivity index (χ2n) is 3.92. The summed E-state index contributed by atoms with van der Waals surface area (Å²) in [6.07, 6.45) is 1.92. The molecule has 88 valence electrons. The number of benzene rings is 1. The normalized spacial score (nSPS) is 10.8. The first-order valence-electron chi connectivity index (χ1n) is 5.41. The second kappa shape index (κ2) is 5.08. The van der Waals surface area contributed by atoms with E-state index in [1.807, 2.05) is 24.4 Å². The molecule has 18 heavy (non-hydrogen) atoms. The van der Waals surface area contributed by atoms with E-state index in [0.717, 1.165) is 29.4 Å². The van der Waals surface area contributed by atoms with Crippen molar-refractivity contribution in [2.75, 3.05) is 0 Å². The van der Waals surface area contributed by atoms with Gasteiger partial charge in [-0.3, -0.25) is 4.98 Å². The van der Waals surface area contributed by atoms with Crippen molar-refractivity contribution in [2.24, 2.45) is 0 Å². The van der Waals surface area contributed by atoms with Crippen LogP contribution in [-0.4, -0.2) is 9.97 Å². The zero-order valence-electron chi connectivity index (χ0n) is 9.27. The number of nitrogens with zero attached hydrogens (tertiary/aromatic N) is 2. The van der Waals surface area contributed by atoms with Crippen molar-refractivity contribution < 1.29 is 0 Å². The fourth-order valence-electron chi connectivity index (χ4n) is 1.86. The summed E-state index contributed by atoms with van der Waals surface area (Å²) in [7, 11) is 0. The summed E-state index contributed by atoms with van der Waals surface area (Å²) in [5.41, 5.74) is 3.32. The van der Waals surface area contributed by atoms with Crippen molar-refractivity contribution in [3.8, 4) is 11.1 Å². The molecule has 0 radical (unpaired) electrons. The standard InChI is InChI=1S/C14H8I2N2/c15-13-6-10(7-14(16)18-13)11-5-9-3-1-2-4-12(9)17-8-11/h1-8H. The molecule has 4 heteroatoms. The molecule has 0 aliphatic carbocycles. The number of aromatic nitrogens is 2. The van der Waals surface area contributed by atoms with Gasteiger partial charge in [-0.25, -0.2) is 4.98 Å². The smallest absolute Gasteiger partial charge is 0.103 e. The summed E-state index contributed by atoms with van der Waals surface area (Å²) in [5, 5.41) is 1.16. The molecule has 3 aromatic rings. The van der Waals surface area contributed by atoms with Crippen LogP contribution >= 0.6 is 45.2 Å². The van der Waals surface area contributed by atoms with Gasteiger partial charge in [-0.1, -0.05) is 18.2 Å². The molecule has 1 aromatic carbocycles. The minimum Gasteiger partial charge on any atom is -0.256 e. The molecular weight excluding hydrogens is 450 g/mol. The molecule has 0 bridgehead atoms. The summed E-state index contributed by atoms with van der Waals surface area (Å²) >= 11 is 4.48. The molecule has 2 aromatic heterocycles. The maximum Gasteiger partial charge on any atom is 0.103 e. The fraction of sp³-hybridized carbons (Fsp3) is 0. The van der Waals surface area contributed by atoms with Gasteiger partial charge in [0.05, 0.1) is 5.52 Å². The molecule has 0 aliphatic heterocycles. The van der Waals surface area contributed by atoms with Gasteiger partial charge in [-0.15, -0.1) is 0 Å². The van der Waals surface area contributed by atoms with Gasteiger partial charge < -0.3 is 0 Å². The SMILES string of the molecule is Ic1cc(-c2cnc3ccccc3c2)cc(I)n1. The number of rotatable bonds is 1. The van der Waals surface area contributed by atoms with Crippen molar-refractivity contribution in [3.05, 3.63) is 56.1 Å². The highest BCUT2D eigenvalue weighted by Crippen LogP contribution is 2.24.